The number of hydrogen-bond donors (Lipinski definition) is 0. The number of para-hydroxylation sites is 1. The summed E-state index contributed by atoms with van der Waals surface area (Å²) < 4.78 is 5.06. The molecule has 1 saturated carbocycles. The third kappa shape index (κ3) is 4.02. The lowest BCUT2D eigenvalue weighted by molar-refractivity contribution is -0.151. The van der Waals surface area contributed by atoms with E-state index in [1.54, 1.807) is 36.2 Å². The summed E-state index contributed by atoms with van der Waals surface area (Å²) in [6.07, 6.45) is 4.09. The van der Waals surface area contributed by atoms with Crippen LogP contribution in [0.3, 0.4) is 0 Å². The molecule has 0 bridgehead atoms. The second-order valence-corrected chi connectivity index (χ2v) is 7.32. The Bertz CT molecular complexity index is 767. The summed E-state index contributed by atoms with van der Waals surface area (Å²) in [5, 5.41) is 0. The summed E-state index contributed by atoms with van der Waals surface area (Å²) in [7, 11) is 1.73. The van der Waals surface area contributed by atoms with Gasteiger partial charge in [-0.1, -0.05) is 19.1 Å². The maximum Gasteiger partial charge on any atom is 0.326 e. The van der Waals surface area contributed by atoms with Crippen LogP contribution in [0.25, 0.3) is 0 Å². The molecule has 0 radical (unpaired) electrons. The first-order chi connectivity index (χ1) is 12.9. The Kier molecular flexibility index (Phi) is 5.58. The molecule has 7 nitrogen and oxygen atoms in total. The van der Waals surface area contributed by atoms with Crippen LogP contribution in [0, 0.1) is 5.92 Å². The van der Waals surface area contributed by atoms with Gasteiger partial charge in [-0.05, 0) is 43.7 Å². The molecule has 0 N–H and O–H groups in total. The molecule has 144 valence electrons. The number of esters is 1. The number of amides is 2. The van der Waals surface area contributed by atoms with Crippen LogP contribution in [0.4, 0.5) is 5.69 Å². The van der Waals surface area contributed by atoms with Crippen molar-refractivity contribution in [1.29, 1.82) is 0 Å². The third-order valence-electron chi connectivity index (χ3n) is 5.45. The number of hydrogen-bond acceptors (Lipinski definition) is 5. The minimum Gasteiger partial charge on any atom is -0.454 e. The molecular weight excluding hydrogens is 348 g/mol. The molecule has 0 aromatic heterocycles. The molecule has 1 fully saturated rings. The van der Waals surface area contributed by atoms with Crippen molar-refractivity contribution in [3.05, 3.63) is 29.8 Å². The lowest BCUT2D eigenvalue weighted by Gasteiger charge is -2.33. The van der Waals surface area contributed by atoms with Gasteiger partial charge in [0, 0.05) is 13.1 Å². The molecule has 1 aliphatic heterocycles. The Balaban J connectivity index is 1.52. The van der Waals surface area contributed by atoms with Gasteiger partial charge < -0.3 is 9.64 Å². The number of fused-ring (bicyclic) bond motifs is 1. The minimum absolute atomic E-state index is 0.178. The summed E-state index contributed by atoms with van der Waals surface area (Å²) in [4.78, 5) is 51.2. The zero-order valence-corrected chi connectivity index (χ0v) is 15.6. The normalized spacial score (nSPS) is 21.8. The van der Waals surface area contributed by atoms with Crippen LogP contribution in [-0.2, 0) is 19.1 Å². The summed E-state index contributed by atoms with van der Waals surface area (Å²) in [5.41, 5.74) is 0.668. The molecule has 0 saturated heterocycles. The molecular formula is C20H24N2O5. The number of ether oxygens (including phenoxy) is 1. The first-order valence-electron chi connectivity index (χ1n) is 9.25. The average molecular weight is 372 g/mol. The Morgan fingerprint density at radius 2 is 1.81 bits per heavy atom. The van der Waals surface area contributed by atoms with Gasteiger partial charge in [0.25, 0.3) is 17.6 Å². The Labute approximate surface area is 158 Å². The average Bonchev–Trinajstić information content (AvgIpc) is 2.91. The maximum absolute atomic E-state index is 12.3. The zero-order valence-electron chi connectivity index (χ0n) is 15.6. The topological polar surface area (TPSA) is 84.0 Å². The Morgan fingerprint density at radius 1 is 1.15 bits per heavy atom. The van der Waals surface area contributed by atoms with E-state index < -0.39 is 17.7 Å². The first-order valence-corrected chi connectivity index (χ1v) is 9.25. The Morgan fingerprint density at radius 3 is 2.52 bits per heavy atom. The van der Waals surface area contributed by atoms with E-state index in [0.29, 0.717) is 11.6 Å². The molecule has 3 rings (SSSR count). The summed E-state index contributed by atoms with van der Waals surface area (Å²) in [6.45, 7) is 1.46. The summed E-state index contributed by atoms with van der Waals surface area (Å²) >= 11 is 0. The van der Waals surface area contributed by atoms with Gasteiger partial charge in [-0.3, -0.25) is 24.1 Å². The highest BCUT2D eigenvalue weighted by Gasteiger charge is 2.37. The number of rotatable bonds is 5. The maximum atomic E-state index is 12.3. The van der Waals surface area contributed by atoms with Crippen molar-refractivity contribution in [2.45, 2.75) is 38.6 Å². The van der Waals surface area contributed by atoms with E-state index >= 15 is 0 Å². The summed E-state index contributed by atoms with van der Waals surface area (Å²) in [6, 6.07) is 6.68. The molecule has 1 aromatic carbocycles. The molecule has 0 spiro atoms. The molecule has 1 aliphatic carbocycles. The number of anilines is 1. The van der Waals surface area contributed by atoms with E-state index in [1.807, 2.05) is 0 Å². The van der Waals surface area contributed by atoms with Crippen LogP contribution < -0.4 is 4.90 Å². The fraction of sp³-hybridized carbons (Fsp3) is 0.500. The highest BCUT2D eigenvalue weighted by atomic mass is 16.5. The molecule has 2 amide bonds. The van der Waals surface area contributed by atoms with Crippen LogP contribution in [0.5, 0.6) is 0 Å². The second-order valence-electron chi connectivity index (χ2n) is 7.32. The standard InChI is InChI=1S/C20H24N2O5/c1-13-7-9-14(10-8-13)21(2)17(23)12-27-18(24)11-22-16-6-4-3-5-15(16)19(25)20(22)26/h3-6,13-14H,7-12H2,1-2H3. The fourth-order valence-electron chi connectivity index (χ4n) is 3.66. The van der Waals surface area contributed by atoms with Crippen molar-refractivity contribution in [2.24, 2.45) is 5.92 Å². The molecule has 27 heavy (non-hydrogen) atoms. The molecule has 0 unspecified atom stereocenters. The van der Waals surface area contributed by atoms with Crippen LogP contribution in [0.2, 0.25) is 0 Å². The monoisotopic (exact) mass is 372 g/mol. The fourth-order valence-corrected chi connectivity index (χ4v) is 3.66. The number of benzene rings is 1. The van der Waals surface area contributed by atoms with Crippen LogP contribution in [0.15, 0.2) is 24.3 Å². The van der Waals surface area contributed by atoms with Crippen molar-refractivity contribution in [3.63, 3.8) is 0 Å². The van der Waals surface area contributed by atoms with E-state index in [-0.39, 0.29) is 30.7 Å². The second kappa shape index (κ2) is 7.90. The molecule has 0 atom stereocenters. The highest BCUT2D eigenvalue weighted by Crippen LogP contribution is 2.28. The molecule has 7 heteroatoms. The predicted octanol–water partition coefficient (Wildman–Crippen LogP) is 1.80. The van der Waals surface area contributed by atoms with Crippen molar-refractivity contribution in [3.8, 4) is 0 Å². The van der Waals surface area contributed by atoms with Gasteiger partial charge in [-0.25, -0.2) is 0 Å². The Hall–Kier alpha value is -2.70. The minimum atomic E-state index is -0.757. The summed E-state index contributed by atoms with van der Waals surface area (Å²) in [5.74, 6) is -1.68. The van der Waals surface area contributed by atoms with Gasteiger partial charge in [0.2, 0.25) is 0 Å². The van der Waals surface area contributed by atoms with Gasteiger partial charge in [0.05, 0.1) is 11.3 Å². The number of Topliss-reactive ketones (excluding diaryl/α,β-unsaturated/α-hetero) is 1. The molecule has 1 heterocycles. The van der Waals surface area contributed by atoms with E-state index in [1.165, 1.54) is 0 Å². The van der Waals surface area contributed by atoms with Crippen molar-refractivity contribution in [1.82, 2.24) is 4.90 Å². The van der Waals surface area contributed by atoms with Crippen LogP contribution >= 0.6 is 0 Å². The molecule has 1 aromatic rings. The lowest BCUT2D eigenvalue weighted by atomic mass is 9.87. The van der Waals surface area contributed by atoms with E-state index in [2.05, 4.69) is 6.92 Å². The largest absolute Gasteiger partial charge is 0.454 e. The van der Waals surface area contributed by atoms with E-state index in [4.69, 9.17) is 4.74 Å². The number of nitrogens with zero attached hydrogens (tertiary/aromatic N) is 2. The number of likely N-dealkylation sites (N-methyl/N-ethyl adjacent to an activating group) is 1. The van der Waals surface area contributed by atoms with E-state index in [0.717, 1.165) is 30.6 Å². The van der Waals surface area contributed by atoms with Crippen LogP contribution in [-0.4, -0.2) is 54.7 Å². The SMILES string of the molecule is CC1CCC(N(C)C(=O)COC(=O)CN2C(=O)C(=O)c3ccccc32)CC1. The molecule has 2 aliphatic rings. The first kappa shape index (κ1) is 19.1. The number of carbonyl (C=O) groups is 4. The van der Waals surface area contributed by atoms with Gasteiger partial charge >= 0.3 is 5.97 Å². The highest BCUT2D eigenvalue weighted by molar-refractivity contribution is 6.52. The quantitative estimate of drug-likeness (QED) is 0.581. The van der Waals surface area contributed by atoms with Gasteiger partial charge in [0.1, 0.15) is 6.54 Å². The van der Waals surface area contributed by atoms with Gasteiger partial charge in [-0.2, -0.15) is 0 Å². The number of ketones is 1. The lowest BCUT2D eigenvalue weighted by Crippen LogP contribution is -2.42. The van der Waals surface area contributed by atoms with E-state index in [9.17, 15) is 19.2 Å². The third-order valence-corrected chi connectivity index (χ3v) is 5.45. The van der Waals surface area contributed by atoms with Gasteiger partial charge in [-0.15, -0.1) is 0 Å². The smallest absolute Gasteiger partial charge is 0.326 e. The van der Waals surface area contributed by atoms with Crippen molar-refractivity contribution < 1.29 is 23.9 Å². The number of carbonyl (C=O) groups excluding carboxylic acids is 4. The zero-order chi connectivity index (χ0) is 19.6. The predicted molar refractivity (Wildman–Crippen MR) is 98.3 cm³/mol. The van der Waals surface area contributed by atoms with Crippen LogP contribution in [0.1, 0.15) is 43.0 Å². The van der Waals surface area contributed by atoms with Crippen molar-refractivity contribution in [2.75, 3.05) is 25.1 Å². The van der Waals surface area contributed by atoms with Crippen molar-refractivity contribution >= 4 is 29.3 Å². The van der Waals surface area contributed by atoms with Gasteiger partial charge in [0.15, 0.2) is 6.61 Å².